The Morgan fingerprint density at radius 1 is 1.06 bits per heavy atom. The van der Waals surface area contributed by atoms with E-state index in [9.17, 15) is 4.79 Å². The van der Waals surface area contributed by atoms with Crippen LogP contribution in [0.25, 0.3) is 0 Å². The summed E-state index contributed by atoms with van der Waals surface area (Å²) < 4.78 is 5.77. The fraction of sp³-hybridized carbons (Fsp3) is 0.400. The maximum Gasteiger partial charge on any atom is 0.227 e. The van der Waals surface area contributed by atoms with E-state index in [1.165, 1.54) is 5.56 Å². The number of oxazole rings is 1. The molecule has 2 aliphatic heterocycles. The van der Waals surface area contributed by atoms with Gasteiger partial charge < -0.3 is 9.32 Å². The van der Waals surface area contributed by atoms with E-state index in [-0.39, 0.29) is 17.2 Å². The molecule has 6 heteroatoms. The molecule has 2 aliphatic rings. The van der Waals surface area contributed by atoms with Crippen molar-refractivity contribution in [3.63, 3.8) is 0 Å². The minimum Gasteiger partial charge on any atom is -0.449 e. The molecule has 31 heavy (non-hydrogen) atoms. The average molecular weight is 417 g/mol. The highest BCUT2D eigenvalue weighted by molar-refractivity contribution is 5.78. The van der Waals surface area contributed by atoms with Gasteiger partial charge in [-0.3, -0.25) is 14.7 Å². The Labute approximate surface area is 182 Å². The van der Waals surface area contributed by atoms with Gasteiger partial charge in [-0.05, 0) is 35.4 Å². The van der Waals surface area contributed by atoms with E-state index in [1.54, 1.807) is 24.9 Å². The number of amides is 1. The van der Waals surface area contributed by atoms with Crippen molar-refractivity contribution in [3.8, 4) is 0 Å². The van der Waals surface area contributed by atoms with E-state index in [0.29, 0.717) is 6.42 Å². The molecule has 0 N–H and O–H groups in total. The number of pyridine rings is 1. The van der Waals surface area contributed by atoms with Crippen LogP contribution in [0.3, 0.4) is 0 Å². The van der Waals surface area contributed by atoms with Gasteiger partial charge in [0.1, 0.15) is 6.26 Å². The van der Waals surface area contributed by atoms with Crippen LogP contribution >= 0.6 is 0 Å². The quantitative estimate of drug-likeness (QED) is 0.637. The van der Waals surface area contributed by atoms with Gasteiger partial charge in [0, 0.05) is 45.1 Å². The van der Waals surface area contributed by atoms with Gasteiger partial charge in [-0.2, -0.15) is 0 Å². The maximum atomic E-state index is 12.8. The highest BCUT2D eigenvalue weighted by Crippen LogP contribution is 2.49. The van der Waals surface area contributed by atoms with Crippen LogP contribution in [0.1, 0.15) is 35.8 Å². The number of aromatic nitrogens is 2. The number of hydrogen-bond acceptors (Lipinski definition) is 5. The zero-order chi connectivity index (χ0) is 21.1. The van der Waals surface area contributed by atoms with Crippen molar-refractivity contribution in [2.75, 3.05) is 26.2 Å². The topological polar surface area (TPSA) is 62.5 Å². The minimum absolute atomic E-state index is 0.102. The molecule has 2 aromatic heterocycles. The standard InChI is InChI=1S/C25H28N4O2/c30-23(15-21-7-4-10-26-16-21)29-12-8-25(9-13-29)19-28(17-20-5-2-1-3-6-20)18-22(25)24-27-11-14-31-24/h1-7,10-11,14,16,22H,8-9,12-13,15,17-19H2. The number of nitrogens with zero attached hydrogens (tertiary/aromatic N) is 4. The molecule has 2 saturated heterocycles. The number of carbonyl (C=O) groups excluding carboxylic acids is 1. The van der Waals surface area contributed by atoms with E-state index >= 15 is 0 Å². The molecule has 0 bridgehead atoms. The van der Waals surface area contributed by atoms with Gasteiger partial charge in [0.2, 0.25) is 5.91 Å². The molecule has 3 aromatic rings. The monoisotopic (exact) mass is 416 g/mol. The molecule has 6 nitrogen and oxygen atoms in total. The molecule has 0 radical (unpaired) electrons. The summed E-state index contributed by atoms with van der Waals surface area (Å²) in [6.07, 6.45) is 9.31. The third-order valence-corrected chi connectivity index (χ3v) is 6.91. The lowest BCUT2D eigenvalue weighted by atomic mass is 9.70. The van der Waals surface area contributed by atoms with Gasteiger partial charge in [-0.15, -0.1) is 0 Å². The fourth-order valence-corrected chi connectivity index (χ4v) is 5.28. The Morgan fingerprint density at radius 3 is 2.58 bits per heavy atom. The van der Waals surface area contributed by atoms with Crippen LogP contribution in [-0.2, 0) is 17.8 Å². The summed E-state index contributed by atoms with van der Waals surface area (Å²) >= 11 is 0. The smallest absolute Gasteiger partial charge is 0.227 e. The summed E-state index contributed by atoms with van der Waals surface area (Å²) in [5.74, 6) is 1.29. The highest BCUT2D eigenvalue weighted by atomic mass is 16.3. The predicted molar refractivity (Wildman–Crippen MR) is 117 cm³/mol. The fourth-order valence-electron chi connectivity index (χ4n) is 5.28. The Morgan fingerprint density at radius 2 is 1.87 bits per heavy atom. The van der Waals surface area contributed by atoms with E-state index in [2.05, 4.69) is 45.2 Å². The summed E-state index contributed by atoms with van der Waals surface area (Å²) in [5.41, 5.74) is 2.40. The maximum absolute atomic E-state index is 12.8. The van der Waals surface area contributed by atoms with Crippen molar-refractivity contribution in [2.45, 2.75) is 31.7 Å². The SMILES string of the molecule is O=C(Cc1cccnc1)N1CCC2(CC1)CN(Cc1ccccc1)CC2c1ncco1. The van der Waals surface area contributed by atoms with Crippen LogP contribution in [0.4, 0.5) is 0 Å². The second-order valence-electron chi connectivity index (χ2n) is 8.86. The molecule has 1 aromatic carbocycles. The lowest BCUT2D eigenvalue weighted by Gasteiger charge is -2.42. The Kier molecular flexibility index (Phi) is 5.55. The lowest BCUT2D eigenvalue weighted by Crippen LogP contribution is -2.46. The van der Waals surface area contributed by atoms with Crippen LogP contribution < -0.4 is 0 Å². The van der Waals surface area contributed by atoms with E-state index in [1.807, 2.05) is 17.0 Å². The molecular formula is C25H28N4O2. The molecule has 1 atom stereocenters. The summed E-state index contributed by atoms with van der Waals surface area (Å²) in [6.45, 7) is 4.47. The van der Waals surface area contributed by atoms with Gasteiger partial charge in [0.05, 0.1) is 18.5 Å². The summed E-state index contributed by atoms with van der Waals surface area (Å²) in [4.78, 5) is 26.0. The molecule has 5 rings (SSSR count). The molecule has 0 aliphatic carbocycles. The molecule has 1 unspecified atom stereocenters. The third-order valence-electron chi connectivity index (χ3n) is 6.91. The Bertz CT molecular complexity index is 983. The summed E-state index contributed by atoms with van der Waals surface area (Å²) in [6, 6.07) is 14.5. The molecular weight excluding hydrogens is 388 g/mol. The third kappa shape index (κ3) is 4.26. The zero-order valence-corrected chi connectivity index (χ0v) is 17.7. The number of benzene rings is 1. The predicted octanol–water partition coefficient (Wildman–Crippen LogP) is 3.52. The van der Waals surface area contributed by atoms with E-state index < -0.39 is 0 Å². The number of rotatable bonds is 5. The zero-order valence-electron chi connectivity index (χ0n) is 17.7. The normalized spacial score (nSPS) is 20.9. The first kappa shape index (κ1) is 19.9. The van der Waals surface area contributed by atoms with Gasteiger partial charge in [-0.1, -0.05) is 36.4 Å². The molecule has 1 amide bonds. The molecule has 1 spiro atoms. The lowest BCUT2D eigenvalue weighted by molar-refractivity contribution is -0.132. The largest absolute Gasteiger partial charge is 0.449 e. The van der Waals surface area contributed by atoms with Crippen molar-refractivity contribution in [2.24, 2.45) is 5.41 Å². The molecule has 2 fully saturated rings. The van der Waals surface area contributed by atoms with Gasteiger partial charge in [0.15, 0.2) is 5.89 Å². The van der Waals surface area contributed by atoms with E-state index in [4.69, 9.17) is 4.42 Å². The van der Waals surface area contributed by atoms with Crippen molar-refractivity contribution >= 4 is 5.91 Å². The van der Waals surface area contributed by atoms with E-state index in [0.717, 1.165) is 57.0 Å². The van der Waals surface area contributed by atoms with Gasteiger partial charge in [0.25, 0.3) is 0 Å². The van der Waals surface area contributed by atoms with Crippen LogP contribution in [0, 0.1) is 5.41 Å². The Balaban J connectivity index is 1.28. The first-order chi connectivity index (χ1) is 15.2. The first-order valence-corrected chi connectivity index (χ1v) is 11.0. The number of carbonyl (C=O) groups is 1. The first-order valence-electron chi connectivity index (χ1n) is 11.0. The van der Waals surface area contributed by atoms with Crippen molar-refractivity contribution in [3.05, 3.63) is 84.3 Å². The Hall–Kier alpha value is -2.99. The van der Waals surface area contributed by atoms with Crippen LogP contribution in [0.5, 0.6) is 0 Å². The second kappa shape index (κ2) is 8.63. The van der Waals surface area contributed by atoms with Gasteiger partial charge in [-0.25, -0.2) is 4.98 Å². The molecule has 160 valence electrons. The van der Waals surface area contributed by atoms with Gasteiger partial charge >= 0.3 is 0 Å². The number of hydrogen-bond donors (Lipinski definition) is 0. The highest BCUT2D eigenvalue weighted by Gasteiger charge is 2.50. The number of likely N-dealkylation sites (tertiary alicyclic amines) is 2. The number of piperidine rings is 1. The van der Waals surface area contributed by atoms with Crippen molar-refractivity contribution in [1.29, 1.82) is 0 Å². The van der Waals surface area contributed by atoms with Crippen LogP contribution in [-0.4, -0.2) is 51.9 Å². The second-order valence-corrected chi connectivity index (χ2v) is 8.86. The van der Waals surface area contributed by atoms with Crippen molar-refractivity contribution in [1.82, 2.24) is 19.8 Å². The average Bonchev–Trinajstić information content (AvgIpc) is 3.44. The van der Waals surface area contributed by atoms with Crippen LogP contribution in [0.15, 0.2) is 71.7 Å². The summed E-state index contributed by atoms with van der Waals surface area (Å²) in [5, 5.41) is 0. The molecule has 0 saturated carbocycles. The van der Waals surface area contributed by atoms with Crippen molar-refractivity contribution < 1.29 is 9.21 Å². The summed E-state index contributed by atoms with van der Waals surface area (Å²) in [7, 11) is 0. The molecule has 4 heterocycles. The minimum atomic E-state index is 0.102. The van der Waals surface area contributed by atoms with Crippen LogP contribution in [0.2, 0.25) is 0 Å².